The molecule has 2 fully saturated rings. The van der Waals surface area contributed by atoms with Crippen molar-refractivity contribution in [3.8, 4) is 23.2 Å². The minimum absolute atomic E-state index is 0.00647. The Bertz CT molecular complexity index is 1810. The molecule has 0 spiro atoms. The number of halogens is 4. The van der Waals surface area contributed by atoms with Gasteiger partial charge in [0.25, 0.3) is 0 Å². The first kappa shape index (κ1) is 29.2. The summed E-state index contributed by atoms with van der Waals surface area (Å²) in [6.45, 7) is 1.32. The highest BCUT2D eigenvalue weighted by Gasteiger charge is 2.49. The number of nitrogens with two attached hydrogens (primary N) is 1. The zero-order valence-corrected chi connectivity index (χ0v) is 24.5. The Morgan fingerprint density at radius 2 is 2.19 bits per heavy atom. The number of nitrogens with one attached hydrogen (secondary N) is 1. The maximum Gasteiger partial charge on any atom is 0.319 e. The number of thiophene rings is 1. The van der Waals surface area contributed by atoms with Gasteiger partial charge in [-0.25, -0.2) is 13.2 Å². The number of nitrogen functional groups attached to an aromatic ring is 1. The number of esters is 1. The molecule has 2 atom stereocenters. The second-order valence-electron chi connectivity index (χ2n) is 10.7. The smallest absolute Gasteiger partial charge is 0.319 e. The summed E-state index contributed by atoms with van der Waals surface area (Å²) < 4.78 is 56.4. The van der Waals surface area contributed by atoms with Crippen molar-refractivity contribution in [3.05, 3.63) is 40.4 Å². The van der Waals surface area contributed by atoms with Gasteiger partial charge in [0.2, 0.25) is 0 Å². The van der Waals surface area contributed by atoms with Gasteiger partial charge in [-0.3, -0.25) is 9.69 Å². The fraction of sp³-hybridized carbons (Fsp3) is 0.379. The molecule has 2 aliphatic rings. The highest BCUT2D eigenvalue weighted by molar-refractivity contribution is 7.23. The van der Waals surface area contributed by atoms with Gasteiger partial charge in [0, 0.05) is 35.8 Å². The molecular weight excluding hydrogens is 605 g/mol. The van der Waals surface area contributed by atoms with Crippen LogP contribution in [-0.2, 0) is 9.53 Å². The van der Waals surface area contributed by atoms with Crippen LogP contribution in [0.3, 0.4) is 0 Å². The lowest BCUT2D eigenvalue weighted by Crippen LogP contribution is -2.43. The van der Waals surface area contributed by atoms with E-state index in [-0.39, 0.29) is 79.1 Å². The number of carbonyl (C=O) groups is 1. The maximum atomic E-state index is 16.6. The van der Waals surface area contributed by atoms with E-state index in [0.29, 0.717) is 13.0 Å². The second-order valence-corrected chi connectivity index (χ2v) is 12.1. The molecular formula is C29H26ClF3N6O3S. The molecule has 0 unspecified atom stereocenters. The van der Waals surface area contributed by atoms with E-state index in [0.717, 1.165) is 36.8 Å². The topological polar surface area (TPSA) is 126 Å². The molecule has 4 heterocycles. The average molecular weight is 631 g/mol. The summed E-state index contributed by atoms with van der Waals surface area (Å²) in [6.07, 6.45) is 1.04. The number of ether oxygens (including phenoxy) is 2. The van der Waals surface area contributed by atoms with Gasteiger partial charge < -0.3 is 20.5 Å². The van der Waals surface area contributed by atoms with Crippen LogP contribution in [0.4, 0.5) is 24.0 Å². The predicted molar refractivity (Wildman–Crippen MR) is 158 cm³/mol. The van der Waals surface area contributed by atoms with Crippen LogP contribution in [0.15, 0.2) is 18.2 Å². The van der Waals surface area contributed by atoms with Gasteiger partial charge in [0.1, 0.15) is 41.0 Å². The first-order chi connectivity index (χ1) is 20.7. The summed E-state index contributed by atoms with van der Waals surface area (Å²) in [7, 11) is 1.27. The third-order valence-corrected chi connectivity index (χ3v) is 9.47. The van der Waals surface area contributed by atoms with Gasteiger partial charge in [-0.05, 0) is 37.1 Å². The van der Waals surface area contributed by atoms with Crippen LogP contribution in [0.2, 0.25) is 5.02 Å². The van der Waals surface area contributed by atoms with Crippen LogP contribution in [0.25, 0.3) is 32.1 Å². The number of anilines is 2. The maximum absolute atomic E-state index is 16.6. The predicted octanol–water partition coefficient (Wildman–Crippen LogP) is 5.83. The van der Waals surface area contributed by atoms with Crippen LogP contribution >= 0.6 is 22.9 Å². The summed E-state index contributed by atoms with van der Waals surface area (Å²) in [4.78, 5) is 22.6. The number of rotatable bonds is 8. The van der Waals surface area contributed by atoms with Crippen molar-refractivity contribution >= 4 is 60.7 Å². The lowest BCUT2D eigenvalue weighted by atomic mass is 9.95. The number of nitriles is 1. The Labute approximate surface area is 253 Å². The third kappa shape index (κ3) is 5.07. The largest absolute Gasteiger partial charge is 0.469 e. The number of nitrogens with zero attached hydrogens (tertiary/aromatic N) is 4. The van der Waals surface area contributed by atoms with Gasteiger partial charge in [-0.2, -0.15) is 15.2 Å². The molecule has 14 heteroatoms. The van der Waals surface area contributed by atoms with Crippen LogP contribution in [0.5, 0.6) is 6.01 Å². The summed E-state index contributed by atoms with van der Waals surface area (Å²) in [5.74, 6) is -1.75. The second kappa shape index (κ2) is 11.3. The SMILES string of the molecule is COC(=O)CCNc1nc(OC[C@@]23CCCN2C[C@H](F)C3)nc2c(F)c(-c3ccc(F)c4sc(N)c(C#N)c34)c(Cl)cc12. The normalized spacial score (nSPS) is 20.0. The van der Waals surface area contributed by atoms with Crippen LogP contribution in [0.1, 0.15) is 31.2 Å². The Hall–Kier alpha value is -3.86. The van der Waals surface area contributed by atoms with E-state index < -0.39 is 29.3 Å². The summed E-state index contributed by atoms with van der Waals surface area (Å²) in [5.41, 5.74) is 5.43. The van der Waals surface area contributed by atoms with Gasteiger partial charge in [-0.15, -0.1) is 11.3 Å². The molecule has 224 valence electrons. The van der Waals surface area contributed by atoms with Crippen molar-refractivity contribution in [2.45, 2.75) is 37.4 Å². The molecule has 2 aromatic carbocycles. The molecule has 0 saturated carbocycles. The number of benzene rings is 2. The first-order valence-corrected chi connectivity index (χ1v) is 14.8. The Kier molecular flexibility index (Phi) is 7.70. The van der Waals surface area contributed by atoms with Crippen LogP contribution in [-0.4, -0.2) is 65.9 Å². The van der Waals surface area contributed by atoms with Gasteiger partial charge in [0.05, 0.1) is 34.4 Å². The van der Waals surface area contributed by atoms with Crippen LogP contribution < -0.4 is 15.8 Å². The molecule has 2 aromatic heterocycles. The first-order valence-electron chi connectivity index (χ1n) is 13.6. The number of methoxy groups -OCH3 is 1. The van der Waals surface area contributed by atoms with Crippen molar-refractivity contribution in [2.75, 3.05) is 44.4 Å². The Morgan fingerprint density at radius 3 is 2.95 bits per heavy atom. The van der Waals surface area contributed by atoms with E-state index in [1.807, 2.05) is 6.07 Å². The average Bonchev–Trinajstić information content (AvgIpc) is 3.62. The fourth-order valence-corrected chi connectivity index (χ4v) is 7.41. The number of alkyl halides is 1. The number of aromatic nitrogens is 2. The number of carbonyl (C=O) groups excluding carboxylic acids is 1. The molecule has 2 aliphatic heterocycles. The summed E-state index contributed by atoms with van der Waals surface area (Å²) in [5, 5.41) is 13.2. The standard InChI is InChI=1S/C29H26ClF3N6O3S/c1-41-20(40)5-7-36-27-16-9-18(30)22(15-3-4-19(32)25-21(15)17(11-34)26(35)43-25)23(33)24(16)37-28(38-27)42-13-29-6-2-8-39(29)12-14(31)10-29/h3-4,9,14H,2,5-8,10,12-13,35H2,1H3,(H,36,37,38)/t14-,29+/m1/s1. The lowest BCUT2D eigenvalue weighted by Gasteiger charge is -2.30. The highest BCUT2D eigenvalue weighted by Crippen LogP contribution is 2.46. The van der Waals surface area contributed by atoms with Crippen LogP contribution in [0, 0.1) is 23.0 Å². The number of hydrogen-bond donors (Lipinski definition) is 2. The quantitative estimate of drug-likeness (QED) is 0.231. The molecule has 2 saturated heterocycles. The third-order valence-electron chi connectivity index (χ3n) is 8.14. The van der Waals surface area contributed by atoms with Crippen molar-refractivity contribution < 1.29 is 27.4 Å². The van der Waals surface area contributed by atoms with Gasteiger partial charge >= 0.3 is 12.0 Å². The van der Waals surface area contributed by atoms with Crippen molar-refractivity contribution in [2.24, 2.45) is 0 Å². The number of hydrogen-bond acceptors (Lipinski definition) is 10. The number of fused-ring (bicyclic) bond motifs is 3. The van der Waals surface area contributed by atoms with E-state index in [1.165, 1.54) is 19.2 Å². The Morgan fingerprint density at radius 1 is 1.37 bits per heavy atom. The Balaban J connectivity index is 1.47. The molecule has 43 heavy (non-hydrogen) atoms. The van der Waals surface area contributed by atoms with Gasteiger partial charge in [0.15, 0.2) is 5.82 Å². The minimum atomic E-state index is -0.962. The van der Waals surface area contributed by atoms with E-state index in [2.05, 4.69) is 20.2 Å². The molecule has 0 aliphatic carbocycles. The fourth-order valence-electron chi connectivity index (χ4n) is 6.16. The van der Waals surface area contributed by atoms with Crippen molar-refractivity contribution in [3.63, 3.8) is 0 Å². The molecule has 0 bridgehead atoms. The molecule has 9 nitrogen and oxygen atoms in total. The molecule has 4 aromatic rings. The molecule has 3 N–H and O–H groups in total. The van der Waals surface area contributed by atoms with E-state index in [1.54, 1.807) is 0 Å². The van der Waals surface area contributed by atoms with Crippen molar-refractivity contribution in [1.82, 2.24) is 14.9 Å². The zero-order valence-electron chi connectivity index (χ0n) is 23.0. The zero-order chi connectivity index (χ0) is 30.5. The van der Waals surface area contributed by atoms with E-state index in [9.17, 15) is 18.8 Å². The molecule has 0 radical (unpaired) electrons. The molecule has 6 rings (SSSR count). The molecule has 0 amide bonds. The lowest BCUT2D eigenvalue weighted by molar-refractivity contribution is -0.140. The summed E-state index contributed by atoms with van der Waals surface area (Å²) in [6, 6.07) is 5.80. The van der Waals surface area contributed by atoms with Crippen molar-refractivity contribution in [1.29, 1.82) is 5.26 Å². The highest BCUT2D eigenvalue weighted by atomic mass is 35.5. The monoisotopic (exact) mass is 630 g/mol. The van der Waals surface area contributed by atoms with E-state index >= 15 is 4.39 Å². The van der Waals surface area contributed by atoms with Gasteiger partial charge in [-0.1, -0.05) is 17.7 Å². The minimum Gasteiger partial charge on any atom is -0.469 e. The van der Waals surface area contributed by atoms with E-state index in [4.69, 9.17) is 26.8 Å². The summed E-state index contributed by atoms with van der Waals surface area (Å²) >= 11 is 7.54.